The molecule has 0 spiro atoms. The molecule has 1 aliphatic heterocycles. The number of benzene rings is 1. The van der Waals surface area contributed by atoms with Gasteiger partial charge in [-0.05, 0) is 72.1 Å². The van der Waals surface area contributed by atoms with E-state index in [1.54, 1.807) is 0 Å². The van der Waals surface area contributed by atoms with Crippen LogP contribution in [0.1, 0.15) is 60.4 Å². The van der Waals surface area contributed by atoms with Crippen LogP contribution in [-0.4, -0.2) is 40.0 Å². The van der Waals surface area contributed by atoms with E-state index in [-0.39, 0.29) is 24.6 Å². The van der Waals surface area contributed by atoms with Gasteiger partial charge in [0, 0.05) is 29.2 Å². The largest absolute Gasteiger partial charge is 0.452 e. The minimum absolute atomic E-state index is 0.111. The molecule has 5 heteroatoms. The lowest BCUT2D eigenvalue weighted by Crippen LogP contribution is -2.49. The fourth-order valence-corrected chi connectivity index (χ4v) is 4.25. The van der Waals surface area contributed by atoms with Crippen molar-refractivity contribution in [1.29, 1.82) is 0 Å². The molecule has 3 rings (SSSR count). The highest BCUT2D eigenvalue weighted by atomic mass is 16.5. The molecule has 1 aromatic heterocycles. The fourth-order valence-electron chi connectivity index (χ4n) is 4.25. The fraction of sp³-hybridized carbons (Fsp3) is 0.478. The van der Waals surface area contributed by atoms with Gasteiger partial charge in [-0.1, -0.05) is 17.7 Å². The highest BCUT2D eigenvalue weighted by molar-refractivity contribution is 5.93. The lowest BCUT2D eigenvalue weighted by molar-refractivity contribution is -0.140. The molecule has 1 aliphatic rings. The number of rotatable bonds is 4. The van der Waals surface area contributed by atoms with Crippen LogP contribution in [-0.2, 0) is 9.53 Å². The van der Waals surface area contributed by atoms with E-state index in [4.69, 9.17) is 4.74 Å². The molecule has 0 bridgehead atoms. The summed E-state index contributed by atoms with van der Waals surface area (Å²) in [5, 5.41) is 0. The number of aryl methyl sites for hydroxylation is 2. The molecule has 0 aliphatic carbocycles. The Hall–Kier alpha value is -2.56. The number of esters is 1. The summed E-state index contributed by atoms with van der Waals surface area (Å²) in [6.07, 6.45) is 3.14. The Morgan fingerprint density at radius 2 is 1.64 bits per heavy atom. The van der Waals surface area contributed by atoms with Crippen LogP contribution in [0.4, 0.5) is 0 Å². The summed E-state index contributed by atoms with van der Waals surface area (Å²) in [6, 6.07) is 10.4. The zero-order valence-electron chi connectivity index (χ0n) is 17.5. The van der Waals surface area contributed by atoms with Crippen LogP contribution in [0, 0.1) is 20.8 Å². The normalized spacial score (nSPS) is 19.5. The van der Waals surface area contributed by atoms with E-state index in [9.17, 15) is 9.59 Å². The highest BCUT2D eigenvalue weighted by Gasteiger charge is 2.29. The number of hydrogen-bond donors (Lipinski definition) is 0. The van der Waals surface area contributed by atoms with Crippen LogP contribution in [0.3, 0.4) is 0 Å². The predicted octanol–water partition coefficient (Wildman–Crippen LogP) is 4.35. The zero-order valence-corrected chi connectivity index (χ0v) is 17.5. The van der Waals surface area contributed by atoms with Gasteiger partial charge in [-0.25, -0.2) is 4.79 Å². The first-order chi connectivity index (χ1) is 13.3. The molecule has 1 fully saturated rings. The van der Waals surface area contributed by atoms with E-state index in [0.717, 1.165) is 36.3 Å². The van der Waals surface area contributed by atoms with Crippen molar-refractivity contribution in [2.45, 2.75) is 66.0 Å². The quantitative estimate of drug-likeness (QED) is 0.739. The molecule has 2 atom stereocenters. The number of hydrogen-bond acceptors (Lipinski definition) is 3. The van der Waals surface area contributed by atoms with Crippen LogP contribution < -0.4 is 0 Å². The third kappa shape index (κ3) is 3.98. The highest BCUT2D eigenvalue weighted by Crippen LogP contribution is 2.24. The number of nitrogens with zero attached hydrogens (tertiary/aromatic N) is 2. The summed E-state index contributed by atoms with van der Waals surface area (Å²) in [7, 11) is 0. The van der Waals surface area contributed by atoms with Crippen LogP contribution in [0.25, 0.3) is 5.69 Å². The molecule has 0 saturated carbocycles. The maximum absolute atomic E-state index is 12.7. The van der Waals surface area contributed by atoms with Crippen molar-refractivity contribution < 1.29 is 14.3 Å². The van der Waals surface area contributed by atoms with Gasteiger partial charge < -0.3 is 14.2 Å². The molecule has 1 amide bonds. The van der Waals surface area contributed by atoms with Crippen molar-refractivity contribution in [3.05, 3.63) is 52.8 Å². The van der Waals surface area contributed by atoms with E-state index < -0.39 is 5.97 Å². The van der Waals surface area contributed by atoms with Gasteiger partial charge in [-0.3, -0.25) is 4.79 Å². The monoisotopic (exact) mass is 382 g/mol. The van der Waals surface area contributed by atoms with E-state index in [1.807, 2.05) is 60.6 Å². The maximum Gasteiger partial charge on any atom is 0.340 e. The lowest BCUT2D eigenvalue weighted by Gasteiger charge is -2.38. The van der Waals surface area contributed by atoms with Crippen LogP contribution >= 0.6 is 0 Å². The number of ether oxygens (including phenoxy) is 1. The van der Waals surface area contributed by atoms with E-state index in [2.05, 4.69) is 13.8 Å². The molecule has 0 unspecified atom stereocenters. The minimum atomic E-state index is -0.447. The number of amides is 1. The summed E-state index contributed by atoms with van der Waals surface area (Å²) in [5.41, 5.74) is 4.47. The SMILES string of the molecule is Cc1ccc(-n2c(C)cc(C(=O)OCC(=O)N3[C@H](C)CCC[C@H]3C)c2C)cc1. The molecule has 0 N–H and O–H groups in total. The molecule has 1 aromatic carbocycles. The van der Waals surface area contributed by atoms with Gasteiger partial charge in [-0.2, -0.15) is 0 Å². The number of aromatic nitrogens is 1. The Balaban J connectivity index is 1.72. The van der Waals surface area contributed by atoms with Gasteiger partial charge in [0.15, 0.2) is 6.61 Å². The molecule has 5 nitrogen and oxygen atoms in total. The lowest BCUT2D eigenvalue weighted by atomic mass is 9.97. The predicted molar refractivity (Wildman–Crippen MR) is 110 cm³/mol. The van der Waals surface area contributed by atoms with Gasteiger partial charge in [0.05, 0.1) is 5.56 Å². The number of likely N-dealkylation sites (tertiary alicyclic amines) is 1. The third-order valence-corrected chi connectivity index (χ3v) is 5.75. The topological polar surface area (TPSA) is 51.5 Å². The van der Waals surface area contributed by atoms with Crippen LogP contribution in [0.5, 0.6) is 0 Å². The van der Waals surface area contributed by atoms with Crippen molar-refractivity contribution >= 4 is 11.9 Å². The first-order valence-corrected chi connectivity index (χ1v) is 10.0. The number of carbonyl (C=O) groups is 2. The molecule has 0 radical (unpaired) electrons. The van der Waals surface area contributed by atoms with Crippen LogP contribution in [0.15, 0.2) is 30.3 Å². The van der Waals surface area contributed by atoms with Crippen molar-refractivity contribution in [3.63, 3.8) is 0 Å². The molecule has 2 heterocycles. The molecular weight excluding hydrogens is 352 g/mol. The first-order valence-electron chi connectivity index (χ1n) is 10.0. The molecular formula is C23H30N2O3. The second kappa shape index (κ2) is 8.21. The number of carbonyl (C=O) groups excluding carboxylic acids is 2. The molecule has 2 aromatic rings. The summed E-state index contributed by atoms with van der Waals surface area (Å²) in [6.45, 7) is 9.83. The Kier molecular flexibility index (Phi) is 5.92. The average molecular weight is 383 g/mol. The van der Waals surface area contributed by atoms with Crippen molar-refractivity contribution in [2.75, 3.05) is 6.61 Å². The second-order valence-electron chi connectivity index (χ2n) is 7.96. The standard InChI is InChI=1S/C23H30N2O3/c1-15-9-11-20(12-10-15)25-18(4)13-21(19(25)5)23(27)28-14-22(26)24-16(2)7-6-8-17(24)3/h9-13,16-17H,6-8,14H2,1-5H3/t16-,17-/m1/s1. The number of piperidine rings is 1. The molecule has 28 heavy (non-hydrogen) atoms. The Bertz CT molecular complexity index is 857. The summed E-state index contributed by atoms with van der Waals surface area (Å²) >= 11 is 0. The average Bonchev–Trinajstić information content (AvgIpc) is 2.95. The Morgan fingerprint density at radius 1 is 1.04 bits per heavy atom. The second-order valence-corrected chi connectivity index (χ2v) is 7.96. The Morgan fingerprint density at radius 3 is 2.25 bits per heavy atom. The summed E-state index contributed by atoms with van der Waals surface area (Å²) in [4.78, 5) is 27.1. The van der Waals surface area contributed by atoms with Crippen LogP contribution in [0.2, 0.25) is 0 Å². The van der Waals surface area contributed by atoms with Gasteiger partial charge in [0.1, 0.15) is 0 Å². The van der Waals surface area contributed by atoms with E-state index in [0.29, 0.717) is 5.56 Å². The summed E-state index contributed by atoms with van der Waals surface area (Å²) in [5.74, 6) is -0.558. The molecule has 1 saturated heterocycles. The maximum atomic E-state index is 12.7. The van der Waals surface area contributed by atoms with E-state index >= 15 is 0 Å². The van der Waals surface area contributed by atoms with Crippen molar-refractivity contribution in [1.82, 2.24) is 9.47 Å². The zero-order chi connectivity index (χ0) is 20.4. The smallest absolute Gasteiger partial charge is 0.340 e. The van der Waals surface area contributed by atoms with Crippen molar-refractivity contribution in [2.24, 2.45) is 0 Å². The van der Waals surface area contributed by atoms with Gasteiger partial charge in [-0.15, -0.1) is 0 Å². The van der Waals surface area contributed by atoms with Crippen molar-refractivity contribution in [3.8, 4) is 5.69 Å². The van der Waals surface area contributed by atoms with Gasteiger partial charge in [0.2, 0.25) is 0 Å². The third-order valence-electron chi connectivity index (χ3n) is 5.75. The minimum Gasteiger partial charge on any atom is -0.452 e. The van der Waals surface area contributed by atoms with Gasteiger partial charge in [0.25, 0.3) is 5.91 Å². The van der Waals surface area contributed by atoms with E-state index in [1.165, 1.54) is 5.56 Å². The summed E-state index contributed by atoms with van der Waals surface area (Å²) < 4.78 is 7.43. The Labute approximate surface area is 167 Å². The van der Waals surface area contributed by atoms with Gasteiger partial charge >= 0.3 is 5.97 Å². The molecule has 150 valence electrons. The first kappa shape index (κ1) is 20.2.